The van der Waals surface area contributed by atoms with Crippen LogP contribution in [0.2, 0.25) is 0 Å². The van der Waals surface area contributed by atoms with Crippen molar-refractivity contribution in [1.29, 1.82) is 0 Å². The van der Waals surface area contributed by atoms with E-state index in [9.17, 15) is 22.2 Å². The van der Waals surface area contributed by atoms with Crippen molar-refractivity contribution in [2.24, 2.45) is 0 Å². The summed E-state index contributed by atoms with van der Waals surface area (Å²) in [5, 5.41) is 4.63. The molecule has 1 unspecified atom stereocenters. The second-order valence-electron chi connectivity index (χ2n) is 12.7. The van der Waals surface area contributed by atoms with Gasteiger partial charge in [-0.2, -0.15) is 13.5 Å². The molecule has 0 aliphatic carbocycles. The lowest BCUT2D eigenvalue weighted by Crippen LogP contribution is -2.17. The van der Waals surface area contributed by atoms with Crippen molar-refractivity contribution in [2.75, 3.05) is 5.73 Å². The molecule has 53 heavy (non-hydrogen) atoms. The average molecular weight is 742 g/mol. The summed E-state index contributed by atoms with van der Waals surface area (Å²) in [4.78, 5) is 22.9. The topological polar surface area (TPSA) is 163 Å². The number of ether oxygens (including phenoxy) is 1. The van der Waals surface area contributed by atoms with Crippen molar-refractivity contribution in [3.63, 3.8) is 0 Å². The lowest BCUT2D eigenvalue weighted by atomic mass is 9.99. The maximum absolute atomic E-state index is 15.4. The van der Waals surface area contributed by atoms with Crippen LogP contribution in [0.3, 0.4) is 0 Å². The van der Waals surface area contributed by atoms with E-state index in [2.05, 4.69) is 4.98 Å². The summed E-state index contributed by atoms with van der Waals surface area (Å²) in [5.74, 6) is -2.37. The minimum absolute atomic E-state index is 0.00598. The van der Waals surface area contributed by atoms with E-state index in [1.54, 1.807) is 33.8 Å². The van der Waals surface area contributed by atoms with Gasteiger partial charge in [-0.1, -0.05) is 24.3 Å². The van der Waals surface area contributed by atoms with Gasteiger partial charge in [0.05, 0.1) is 21.9 Å². The molecule has 0 saturated heterocycles. The van der Waals surface area contributed by atoms with Gasteiger partial charge in [-0.25, -0.2) is 27.8 Å². The Kier molecular flexibility index (Phi) is 8.78. The van der Waals surface area contributed by atoms with E-state index in [0.29, 0.717) is 5.56 Å². The number of aromatic nitrogens is 4. The van der Waals surface area contributed by atoms with Crippen molar-refractivity contribution < 1.29 is 35.3 Å². The molecule has 11 nitrogen and oxygen atoms in total. The van der Waals surface area contributed by atoms with Crippen LogP contribution in [-0.4, -0.2) is 38.8 Å². The van der Waals surface area contributed by atoms with E-state index < -0.39 is 43.9 Å². The first-order chi connectivity index (χ1) is 25.1. The number of anilines is 1. The smallest absolute Gasteiger partial charge is 0.294 e. The van der Waals surface area contributed by atoms with E-state index in [1.165, 1.54) is 65.3 Å². The molecule has 0 saturated carbocycles. The molecule has 0 fully saturated rings. The molecule has 1 atom stereocenters. The Bertz CT molecular complexity index is 2780. The molecule has 3 N–H and O–H groups in total. The Morgan fingerprint density at radius 3 is 2.34 bits per heavy atom. The van der Waals surface area contributed by atoms with Gasteiger partial charge < -0.3 is 14.9 Å². The molecule has 0 spiro atoms. The highest BCUT2D eigenvalue weighted by molar-refractivity contribution is 7.85. The SMILES string of the molecule is Cc1ccc(S(=O)(=O)O)cc1-c1nc(N)c2c(-c3ccc(OC(C)C)c(F)c3)nn(C(C)c3oc4cccc(F)c4c(=O)c3-c3cccc(F)c3)c2n1. The van der Waals surface area contributed by atoms with E-state index in [-0.39, 0.29) is 79.2 Å². The fourth-order valence-electron chi connectivity index (χ4n) is 6.20. The summed E-state index contributed by atoms with van der Waals surface area (Å²) in [6.45, 7) is 6.80. The summed E-state index contributed by atoms with van der Waals surface area (Å²) in [6, 6.07) is 16.2. The first-order valence-electron chi connectivity index (χ1n) is 16.2. The highest BCUT2D eigenvalue weighted by Crippen LogP contribution is 2.39. The van der Waals surface area contributed by atoms with E-state index in [0.717, 1.165) is 12.1 Å². The number of aryl methyl sites for hydroxylation is 1. The van der Waals surface area contributed by atoms with Gasteiger partial charge >= 0.3 is 0 Å². The van der Waals surface area contributed by atoms with Gasteiger partial charge in [0, 0.05) is 11.1 Å². The third kappa shape index (κ3) is 6.38. The monoisotopic (exact) mass is 741 g/mol. The Balaban J connectivity index is 1.54. The zero-order valence-corrected chi connectivity index (χ0v) is 29.4. The number of hydrogen-bond donors (Lipinski definition) is 2. The first-order valence-corrected chi connectivity index (χ1v) is 17.7. The summed E-state index contributed by atoms with van der Waals surface area (Å²) >= 11 is 0. The van der Waals surface area contributed by atoms with E-state index in [4.69, 9.17) is 25.0 Å². The van der Waals surface area contributed by atoms with Gasteiger partial charge in [0.1, 0.15) is 45.9 Å². The maximum atomic E-state index is 15.4. The molecule has 0 aliphatic heterocycles. The molecule has 0 bridgehead atoms. The number of nitrogens with two attached hydrogens (primary N) is 1. The van der Waals surface area contributed by atoms with Crippen molar-refractivity contribution in [1.82, 2.24) is 19.7 Å². The Hall–Kier alpha value is -6.06. The summed E-state index contributed by atoms with van der Waals surface area (Å²) in [6.07, 6.45) is -0.307. The van der Waals surface area contributed by atoms with Crippen LogP contribution in [0.15, 0.2) is 93.0 Å². The van der Waals surface area contributed by atoms with Crippen molar-refractivity contribution in [3.8, 4) is 39.5 Å². The molecule has 0 aliphatic rings. The molecule has 0 radical (unpaired) electrons. The molecule has 7 aromatic rings. The molecule has 4 aromatic carbocycles. The third-order valence-corrected chi connectivity index (χ3v) is 9.50. The van der Waals surface area contributed by atoms with Crippen molar-refractivity contribution in [2.45, 2.75) is 44.7 Å². The minimum Gasteiger partial charge on any atom is -0.488 e. The van der Waals surface area contributed by atoms with Crippen molar-refractivity contribution >= 4 is 37.9 Å². The average Bonchev–Trinajstić information content (AvgIpc) is 3.48. The third-order valence-electron chi connectivity index (χ3n) is 8.65. The predicted octanol–water partition coefficient (Wildman–Crippen LogP) is 7.88. The molecule has 0 amide bonds. The van der Waals surface area contributed by atoms with Crippen LogP contribution in [0.25, 0.3) is 55.8 Å². The number of hydrogen-bond acceptors (Lipinski definition) is 9. The van der Waals surface area contributed by atoms with Crippen LogP contribution in [0, 0.1) is 24.4 Å². The van der Waals surface area contributed by atoms with Gasteiger partial charge in [-0.05, 0) is 93.4 Å². The zero-order chi connectivity index (χ0) is 37.9. The molecular weight excluding hydrogens is 712 g/mol. The fraction of sp³-hybridized carbons (Fsp3) is 0.158. The fourth-order valence-corrected chi connectivity index (χ4v) is 6.70. The lowest BCUT2D eigenvalue weighted by molar-refractivity contribution is 0.231. The Morgan fingerprint density at radius 2 is 1.64 bits per heavy atom. The van der Waals surface area contributed by atoms with Gasteiger partial charge in [-0.15, -0.1) is 0 Å². The van der Waals surface area contributed by atoms with Gasteiger partial charge in [-0.3, -0.25) is 9.35 Å². The van der Waals surface area contributed by atoms with Crippen LogP contribution in [0.5, 0.6) is 5.75 Å². The number of fused-ring (bicyclic) bond motifs is 2. The minimum atomic E-state index is -4.61. The molecular formula is C38H30F3N5O6S. The van der Waals surface area contributed by atoms with Crippen LogP contribution in [0.1, 0.15) is 38.1 Å². The van der Waals surface area contributed by atoms with Crippen molar-refractivity contribution in [3.05, 3.63) is 118 Å². The predicted molar refractivity (Wildman–Crippen MR) is 193 cm³/mol. The van der Waals surface area contributed by atoms with Gasteiger partial charge in [0.15, 0.2) is 23.0 Å². The largest absolute Gasteiger partial charge is 0.488 e. The highest BCUT2D eigenvalue weighted by atomic mass is 32.2. The highest BCUT2D eigenvalue weighted by Gasteiger charge is 2.29. The van der Waals surface area contributed by atoms with Crippen LogP contribution < -0.4 is 15.9 Å². The van der Waals surface area contributed by atoms with Gasteiger partial charge in [0.2, 0.25) is 5.43 Å². The van der Waals surface area contributed by atoms with Crippen LogP contribution >= 0.6 is 0 Å². The van der Waals surface area contributed by atoms with Gasteiger partial charge in [0.25, 0.3) is 10.1 Å². The normalized spacial score (nSPS) is 12.5. The zero-order valence-electron chi connectivity index (χ0n) is 28.6. The number of benzene rings is 4. The molecule has 7 rings (SSSR count). The number of nitrogen functional groups attached to an aromatic ring is 1. The first kappa shape index (κ1) is 35.3. The number of nitrogens with zero attached hydrogens (tertiary/aromatic N) is 4. The Labute approximate surface area is 300 Å². The quantitative estimate of drug-likeness (QED) is 0.147. The molecule has 3 heterocycles. The second kappa shape index (κ2) is 13.2. The summed E-state index contributed by atoms with van der Waals surface area (Å²) < 4.78 is 92.1. The lowest BCUT2D eigenvalue weighted by Gasteiger charge is -2.18. The number of halogens is 3. The molecule has 270 valence electrons. The van der Waals surface area contributed by atoms with Crippen LogP contribution in [0.4, 0.5) is 19.0 Å². The maximum Gasteiger partial charge on any atom is 0.294 e. The number of rotatable bonds is 8. The molecule has 15 heteroatoms. The standard InChI is InChI=1S/C38H30F3N5O6S/c1-18(2)51-28-14-12-22(16-27(28)41)33-32-36(42)43-37(25-17-24(53(48,49)50)13-11-19(25)3)44-38(32)46(45-33)20(4)35-30(21-7-5-8-23(39)15-21)34(47)31-26(40)9-6-10-29(31)52-35/h5-18,20H,1-4H3,(H2,42,43,44)(H,48,49,50). The van der Waals surface area contributed by atoms with E-state index >= 15 is 8.78 Å². The summed E-state index contributed by atoms with van der Waals surface area (Å²) in [5.41, 5.74) is 6.93. The Morgan fingerprint density at radius 1 is 0.887 bits per heavy atom. The molecule has 3 aromatic heterocycles. The summed E-state index contributed by atoms with van der Waals surface area (Å²) in [7, 11) is -4.61. The van der Waals surface area contributed by atoms with E-state index in [1.807, 2.05) is 0 Å². The second-order valence-corrected chi connectivity index (χ2v) is 14.1. The van der Waals surface area contributed by atoms with Crippen LogP contribution in [-0.2, 0) is 10.1 Å².